The number of hydrogen-bond acceptors (Lipinski definition) is 2. The molecule has 0 aliphatic rings. The lowest BCUT2D eigenvalue weighted by molar-refractivity contribution is -0.124. The zero-order valence-corrected chi connectivity index (χ0v) is 8.74. The highest BCUT2D eigenvalue weighted by molar-refractivity contribution is 5.87. The van der Waals surface area contributed by atoms with E-state index in [1.165, 1.54) is 0 Å². The molecule has 0 saturated heterocycles. The summed E-state index contributed by atoms with van der Waals surface area (Å²) in [6, 6.07) is 0. The maximum Gasteiger partial charge on any atom is 0.152 e. The van der Waals surface area contributed by atoms with E-state index in [4.69, 9.17) is 0 Å². The largest absolute Gasteiger partial charge is 0.306 e. The average Bonchev–Trinajstić information content (AvgIpc) is 2.00. The summed E-state index contributed by atoms with van der Waals surface area (Å²) < 4.78 is 0. The van der Waals surface area contributed by atoms with Crippen LogP contribution >= 0.6 is 0 Å². The summed E-state index contributed by atoms with van der Waals surface area (Å²) in [6.07, 6.45) is 2.80. The first-order valence-electron chi connectivity index (χ1n) is 4.83. The Bertz CT molecular complexity index is 141. The Morgan fingerprint density at radius 2 is 1.92 bits per heavy atom. The van der Waals surface area contributed by atoms with Crippen LogP contribution in [0.4, 0.5) is 0 Å². The van der Waals surface area contributed by atoms with Crippen molar-refractivity contribution in [2.45, 2.75) is 52.5 Å². The van der Waals surface area contributed by atoms with Gasteiger partial charge >= 0.3 is 0 Å². The molecule has 0 bridgehead atoms. The molecular formula is C10H21NO. The van der Waals surface area contributed by atoms with Crippen molar-refractivity contribution in [1.82, 2.24) is 5.32 Å². The third-order valence-electron chi connectivity index (χ3n) is 2.07. The molecule has 0 fully saturated rings. The first kappa shape index (κ1) is 11.6. The Kier molecular flexibility index (Phi) is 5.14. The Hall–Kier alpha value is -0.370. The maximum absolute atomic E-state index is 11.6. The van der Waals surface area contributed by atoms with E-state index >= 15 is 0 Å². The topological polar surface area (TPSA) is 29.1 Å². The van der Waals surface area contributed by atoms with E-state index in [1.54, 1.807) is 0 Å². The van der Waals surface area contributed by atoms with Crippen LogP contribution in [0.15, 0.2) is 0 Å². The van der Waals surface area contributed by atoms with Gasteiger partial charge in [0.2, 0.25) is 0 Å². The van der Waals surface area contributed by atoms with Gasteiger partial charge in [-0.3, -0.25) is 4.79 Å². The predicted octanol–water partition coefficient (Wildman–Crippen LogP) is 2.13. The third kappa shape index (κ3) is 3.86. The molecule has 0 aromatic carbocycles. The number of hydrogen-bond donors (Lipinski definition) is 1. The maximum atomic E-state index is 11.6. The average molecular weight is 171 g/mol. The van der Waals surface area contributed by atoms with E-state index in [0.29, 0.717) is 12.2 Å². The van der Waals surface area contributed by atoms with Crippen molar-refractivity contribution in [3.8, 4) is 0 Å². The number of carbonyl (C=O) groups excluding carboxylic acids is 1. The smallest absolute Gasteiger partial charge is 0.152 e. The molecule has 0 rings (SSSR count). The van der Waals surface area contributed by atoms with Crippen molar-refractivity contribution in [2.24, 2.45) is 0 Å². The highest BCUT2D eigenvalue weighted by Gasteiger charge is 2.24. The second kappa shape index (κ2) is 5.31. The molecule has 0 aromatic rings. The highest BCUT2D eigenvalue weighted by Crippen LogP contribution is 2.09. The van der Waals surface area contributed by atoms with E-state index in [2.05, 4.69) is 12.2 Å². The van der Waals surface area contributed by atoms with Crippen LogP contribution in [0.1, 0.15) is 47.0 Å². The van der Waals surface area contributed by atoms with Gasteiger partial charge in [-0.15, -0.1) is 0 Å². The molecule has 0 spiro atoms. The van der Waals surface area contributed by atoms with Crippen molar-refractivity contribution in [1.29, 1.82) is 0 Å². The lowest BCUT2D eigenvalue weighted by Gasteiger charge is -2.23. The summed E-state index contributed by atoms with van der Waals surface area (Å²) in [6.45, 7) is 8.89. The normalized spacial score (nSPS) is 11.7. The van der Waals surface area contributed by atoms with Crippen LogP contribution in [-0.4, -0.2) is 17.9 Å². The molecule has 2 nitrogen and oxygen atoms in total. The molecule has 1 N–H and O–H groups in total. The molecule has 0 aliphatic heterocycles. The highest BCUT2D eigenvalue weighted by atomic mass is 16.1. The molecule has 0 radical (unpaired) electrons. The summed E-state index contributed by atoms with van der Waals surface area (Å²) in [5.74, 6) is 0.325. The van der Waals surface area contributed by atoms with Crippen molar-refractivity contribution in [3.63, 3.8) is 0 Å². The molecule has 0 amide bonds. The van der Waals surface area contributed by atoms with Crippen LogP contribution < -0.4 is 5.32 Å². The van der Waals surface area contributed by atoms with Gasteiger partial charge in [0.05, 0.1) is 5.54 Å². The Morgan fingerprint density at radius 1 is 1.33 bits per heavy atom. The number of Topliss-reactive ketones (excluding diaryl/α,β-unsaturated/α-hetero) is 1. The second-order valence-electron chi connectivity index (χ2n) is 3.68. The van der Waals surface area contributed by atoms with Gasteiger partial charge in [0.1, 0.15) is 0 Å². The molecule has 0 atom stereocenters. The van der Waals surface area contributed by atoms with Gasteiger partial charge in [-0.05, 0) is 26.8 Å². The number of likely N-dealkylation sites (N-methyl/N-ethyl adjacent to an activating group) is 1. The molecule has 0 saturated carbocycles. The van der Waals surface area contributed by atoms with Gasteiger partial charge in [0, 0.05) is 6.42 Å². The number of rotatable bonds is 6. The van der Waals surface area contributed by atoms with Crippen LogP contribution in [0.5, 0.6) is 0 Å². The SMILES string of the molecule is CCCCC(=O)C(C)(C)NCC. The lowest BCUT2D eigenvalue weighted by atomic mass is 9.95. The van der Waals surface area contributed by atoms with E-state index in [1.807, 2.05) is 20.8 Å². The first-order valence-corrected chi connectivity index (χ1v) is 4.83. The van der Waals surface area contributed by atoms with Gasteiger partial charge in [0.25, 0.3) is 0 Å². The summed E-state index contributed by atoms with van der Waals surface area (Å²) in [4.78, 5) is 11.6. The number of unbranched alkanes of at least 4 members (excludes halogenated alkanes) is 1. The Labute approximate surface area is 75.7 Å². The quantitative estimate of drug-likeness (QED) is 0.663. The van der Waals surface area contributed by atoms with Gasteiger partial charge in [0.15, 0.2) is 5.78 Å². The summed E-state index contributed by atoms with van der Waals surface area (Å²) >= 11 is 0. The van der Waals surface area contributed by atoms with Gasteiger partial charge in [-0.25, -0.2) is 0 Å². The van der Waals surface area contributed by atoms with Crippen LogP contribution in [0, 0.1) is 0 Å². The lowest BCUT2D eigenvalue weighted by Crippen LogP contribution is -2.46. The summed E-state index contributed by atoms with van der Waals surface area (Å²) in [7, 11) is 0. The van der Waals surface area contributed by atoms with E-state index in [9.17, 15) is 4.79 Å². The van der Waals surface area contributed by atoms with Gasteiger partial charge < -0.3 is 5.32 Å². The van der Waals surface area contributed by atoms with Gasteiger partial charge in [-0.2, -0.15) is 0 Å². The first-order chi connectivity index (χ1) is 5.54. The van der Waals surface area contributed by atoms with E-state index in [-0.39, 0.29) is 5.54 Å². The predicted molar refractivity (Wildman–Crippen MR) is 52.3 cm³/mol. The minimum absolute atomic E-state index is 0.325. The van der Waals surface area contributed by atoms with Crippen molar-refractivity contribution >= 4 is 5.78 Å². The molecule has 72 valence electrons. The van der Waals surface area contributed by atoms with Crippen molar-refractivity contribution in [3.05, 3.63) is 0 Å². The molecule has 0 aromatic heterocycles. The van der Waals surface area contributed by atoms with Crippen LogP contribution in [0.25, 0.3) is 0 Å². The molecule has 0 aliphatic carbocycles. The van der Waals surface area contributed by atoms with Gasteiger partial charge in [-0.1, -0.05) is 20.3 Å². The zero-order valence-electron chi connectivity index (χ0n) is 8.74. The number of ketones is 1. The second-order valence-corrected chi connectivity index (χ2v) is 3.68. The molecule has 0 heterocycles. The monoisotopic (exact) mass is 171 g/mol. The number of nitrogens with one attached hydrogen (secondary N) is 1. The standard InChI is InChI=1S/C10H21NO/c1-5-7-8-9(12)10(3,4)11-6-2/h11H,5-8H2,1-4H3. The zero-order chi connectivity index (χ0) is 9.61. The minimum atomic E-state index is -0.329. The van der Waals surface area contributed by atoms with Crippen LogP contribution in [-0.2, 0) is 4.79 Å². The molecule has 12 heavy (non-hydrogen) atoms. The molecule has 0 unspecified atom stereocenters. The molecule has 2 heteroatoms. The van der Waals surface area contributed by atoms with Crippen molar-refractivity contribution < 1.29 is 4.79 Å². The van der Waals surface area contributed by atoms with Crippen LogP contribution in [0.2, 0.25) is 0 Å². The number of carbonyl (C=O) groups is 1. The van der Waals surface area contributed by atoms with Crippen LogP contribution in [0.3, 0.4) is 0 Å². The fourth-order valence-corrected chi connectivity index (χ4v) is 1.19. The molecular weight excluding hydrogens is 150 g/mol. The summed E-state index contributed by atoms with van der Waals surface area (Å²) in [5.41, 5.74) is -0.329. The Balaban J connectivity index is 3.88. The fourth-order valence-electron chi connectivity index (χ4n) is 1.19. The third-order valence-corrected chi connectivity index (χ3v) is 2.07. The Morgan fingerprint density at radius 3 is 2.33 bits per heavy atom. The summed E-state index contributed by atoms with van der Waals surface area (Å²) in [5, 5.41) is 3.18. The van der Waals surface area contributed by atoms with E-state index < -0.39 is 0 Å². The fraction of sp³-hybridized carbons (Fsp3) is 0.900. The van der Waals surface area contributed by atoms with E-state index in [0.717, 1.165) is 19.4 Å². The van der Waals surface area contributed by atoms with Crippen molar-refractivity contribution in [2.75, 3.05) is 6.54 Å². The minimum Gasteiger partial charge on any atom is -0.306 e.